The number of aromatic amines is 1. The van der Waals surface area contributed by atoms with Crippen LogP contribution in [0.15, 0.2) is 42.6 Å². The molecule has 21 heavy (non-hydrogen) atoms. The highest BCUT2D eigenvalue weighted by Crippen LogP contribution is 2.18. The molecule has 2 N–H and O–H groups in total. The third-order valence-corrected chi connectivity index (χ3v) is 3.34. The van der Waals surface area contributed by atoms with Gasteiger partial charge in [-0.05, 0) is 24.6 Å². The van der Waals surface area contributed by atoms with E-state index >= 15 is 0 Å². The molecule has 3 aromatic rings. The van der Waals surface area contributed by atoms with Gasteiger partial charge in [-0.1, -0.05) is 38.1 Å². The first kappa shape index (κ1) is 13.8. The Balaban J connectivity index is 1.77. The Bertz CT molecular complexity index is 730. The standard InChI is InChI=1S/C17H20N4/c1-12(2)9-18-10-14-11-19-17(20-14)16-8-7-13-5-3-4-6-15(13)21-16/h3-8,11-12,18H,9-10H2,1-2H3,(H,19,20). The van der Waals surface area contributed by atoms with E-state index in [-0.39, 0.29) is 0 Å². The lowest BCUT2D eigenvalue weighted by Crippen LogP contribution is -2.19. The first-order valence-corrected chi connectivity index (χ1v) is 7.33. The number of rotatable bonds is 5. The van der Waals surface area contributed by atoms with Crippen molar-refractivity contribution in [2.75, 3.05) is 6.54 Å². The molecule has 0 fully saturated rings. The van der Waals surface area contributed by atoms with E-state index in [9.17, 15) is 0 Å². The molecule has 2 heterocycles. The van der Waals surface area contributed by atoms with Gasteiger partial charge in [0, 0.05) is 17.6 Å². The molecule has 0 saturated carbocycles. The van der Waals surface area contributed by atoms with Crippen molar-refractivity contribution >= 4 is 10.9 Å². The number of hydrogen-bond acceptors (Lipinski definition) is 3. The molecule has 0 bridgehead atoms. The largest absolute Gasteiger partial charge is 0.339 e. The zero-order valence-corrected chi connectivity index (χ0v) is 12.4. The van der Waals surface area contributed by atoms with Crippen molar-refractivity contribution in [1.82, 2.24) is 20.3 Å². The van der Waals surface area contributed by atoms with Crippen LogP contribution >= 0.6 is 0 Å². The van der Waals surface area contributed by atoms with E-state index in [0.29, 0.717) is 5.92 Å². The number of aromatic nitrogens is 3. The van der Waals surface area contributed by atoms with Crippen molar-refractivity contribution in [2.45, 2.75) is 20.4 Å². The summed E-state index contributed by atoms with van der Waals surface area (Å²) < 4.78 is 0. The van der Waals surface area contributed by atoms with Crippen LogP contribution in [-0.2, 0) is 6.54 Å². The molecule has 4 heteroatoms. The molecule has 0 aliphatic carbocycles. The molecule has 1 aromatic carbocycles. The lowest BCUT2D eigenvalue weighted by molar-refractivity contribution is 0.549. The summed E-state index contributed by atoms with van der Waals surface area (Å²) in [7, 11) is 0. The van der Waals surface area contributed by atoms with Gasteiger partial charge in [-0.25, -0.2) is 9.97 Å². The predicted molar refractivity (Wildman–Crippen MR) is 85.9 cm³/mol. The van der Waals surface area contributed by atoms with Gasteiger partial charge in [0.2, 0.25) is 0 Å². The molecule has 4 nitrogen and oxygen atoms in total. The van der Waals surface area contributed by atoms with Gasteiger partial charge >= 0.3 is 0 Å². The summed E-state index contributed by atoms with van der Waals surface area (Å²) in [5, 5.41) is 4.55. The Hall–Kier alpha value is -2.20. The van der Waals surface area contributed by atoms with Crippen molar-refractivity contribution in [3.05, 3.63) is 48.3 Å². The van der Waals surface area contributed by atoms with Crippen LogP contribution in [0.2, 0.25) is 0 Å². The summed E-state index contributed by atoms with van der Waals surface area (Å²) in [5.41, 5.74) is 2.95. The van der Waals surface area contributed by atoms with Crippen LogP contribution < -0.4 is 5.32 Å². The Labute approximate surface area is 124 Å². The molecule has 0 atom stereocenters. The monoisotopic (exact) mass is 280 g/mol. The Morgan fingerprint density at radius 3 is 2.86 bits per heavy atom. The van der Waals surface area contributed by atoms with Gasteiger partial charge in [0.05, 0.1) is 11.7 Å². The first-order chi connectivity index (χ1) is 10.2. The highest BCUT2D eigenvalue weighted by Gasteiger charge is 2.06. The quantitative estimate of drug-likeness (QED) is 0.753. The predicted octanol–water partition coefficient (Wildman–Crippen LogP) is 3.37. The minimum Gasteiger partial charge on any atom is -0.339 e. The second-order valence-electron chi connectivity index (χ2n) is 5.67. The van der Waals surface area contributed by atoms with Crippen LogP contribution in [0, 0.1) is 5.92 Å². The zero-order valence-electron chi connectivity index (χ0n) is 12.4. The van der Waals surface area contributed by atoms with Crippen LogP contribution in [0.4, 0.5) is 0 Å². The van der Waals surface area contributed by atoms with E-state index in [1.165, 1.54) is 0 Å². The SMILES string of the molecule is CC(C)CNCc1cnc(-c2ccc3ccccc3n2)[nH]1. The van der Waals surface area contributed by atoms with E-state index < -0.39 is 0 Å². The van der Waals surface area contributed by atoms with Gasteiger partial charge in [-0.3, -0.25) is 0 Å². The molecular formula is C17H20N4. The lowest BCUT2D eigenvalue weighted by atomic mass is 10.2. The van der Waals surface area contributed by atoms with E-state index in [1.54, 1.807) is 0 Å². The van der Waals surface area contributed by atoms with E-state index in [0.717, 1.165) is 41.2 Å². The van der Waals surface area contributed by atoms with Crippen LogP contribution in [0.3, 0.4) is 0 Å². The third-order valence-electron chi connectivity index (χ3n) is 3.34. The summed E-state index contributed by atoms with van der Waals surface area (Å²) >= 11 is 0. The molecule has 0 aliphatic heterocycles. The number of benzene rings is 1. The van der Waals surface area contributed by atoms with Gasteiger partial charge in [-0.2, -0.15) is 0 Å². The highest BCUT2D eigenvalue weighted by atomic mass is 15.0. The molecule has 0 amide bonds. The number of nitrogens with zero attached hydrogens (tertiary/aromatic N) is 2. The maximum Gasteiger partial charge on any atom is 0.156 e. The topological polar surface area (TPSA) is 53.6 Å². The highest BCUT2D eigenvalue weighted by molar-refractivity contribution is 5.80. The number of pyridine rings is 1. The molecule has 2 aromatic heterocycles. The number of hydrogen-bond donors (Lipinski definition) is 2. The van der Waals surface area contributed by atoms with E-state index in [1.807, 2.05) is 30.5 Å². The lowest BCUT2D eigenvalue weighted by Gasteiger charge is -2.05. The minimum atomic E-state index is 0.648. The van der Waals surface area contributed by atoms with Gasteiger partial charge in [0.1, 0.15) is 5.69 Å². The fourth-order valence-electron chi connectivity index (χ4n) is 2.27. The van der Waals surface area contributed by atoms with Crippen LogP contribution in [0.5, 0.6) is 0 Å². The maximum atomic E-state index is 4.65. The smallest absolute Gasteiger partial charge is 0.156 e. The summed E-state index contributed by atoms with van der Waals surface area (Å²) in [6.45, 7) is 6.20. The maximum absolute atomic E-state index is 4.65. The Kier molecular flexibility index (Phi) is 3.97. The molecule has 0 unspecified atom stereocenters. The van der Waals surface area contributed by atoms with Gasteiger partial charge < -0.3 is 10.3 Å². The van der Waals surface area contributed by atoms with Crippen molar-refractivity contribution in [3.8, 4) is 11.5 Å². The summed E-state index contributed by atoms with van der Waals surface area (Å²) in [4.78, 5) is 12.4. The first-order valence-electron chi connectivity index (χ1n) is 7.33. The molecular weight excluding hydrogens is 260 g/mol. The van der Waals surface area contributed by atoms with E-state index in [4.69, 9.17) is 0 Å². The van der Waals surface area contributed by atoms with Gasteiger partial charge in [0.25, 0.3) is 0 Å². The summed E-state index contributed by atoms with van der Waals surface area (Å²) in [6, 6.07) is 12.2. The second kappa shape index (κ2) is 6.06. The Morgan fingerprint density at radius 1 is 1.14 bits per heavy atom. The number of imidazole rings is 1. The molecule has 0 spiro atoms. The van der Waals surface area contributed by atoms with Crippen molar-refractivity contribution in [2.24, 2.45) is 5.92 Å². The fourth-order valence-corrected chi connectivity index (χ4v) is 2.27. The normalized spacial score (nSPS) is 11.4. The van der Waals surface area contributed by atoms with Crippen molar-refractivity contribution in [3.63, 3.8) is 0 Å². The summed E-state index contributed by atoms with van der Waals surface area (Å²) in [6.07, 6.45) is 1.87. The molecule has 0 aliphatic rings. The van der Waals surface area contributed by atoms with Crippen molar-refractivity contribution < 1.29 is 0 Å². The number of H-pyrrole nitrogens is 1. The van der Waals surface area contributed by atoms with Crippen molar-refractivity contribution in [1.29, 1.82) is 0 Å². The average molecular weight is 280 g/mol. The second-order valence-corrected chi connectivity index (χ2v) is 5.67. The molecule has 0 radical (unpaired) electrons. The minimum absolute atomic E-state index is 0.648. The molecule has 108 valence electrons. The zero-order chi connectivity index (χ0) is 14.7. The number of fused-ring (bicyclic) bond motifs is 1. The van der Waals surface area contributed by atoms with Crippen LogP contribution in [-0.4, -0.2) is 21.5 Å². The van der Waals surface area contributed by atoms with E-state index in [2.05, 4.69) is 46.2 Å². The fraction of sp³-hybridized carbons (Fsp3) is 0.294. The van der Waals surface area contributed by atoms with Crippen LogP contribution in [0.25, 0.3) is 22.4 Å². The molecule has 3 rings (SSSR count). The van der Waals surface area contributed by atoms with Gasteiger partial charge in [-0.15, -0.1) is 0 Å². The number of para-hydroxylation sites is 1. The molecule has 0 saturated heterocycles. The third kappa shape index (κ3) is 3.28. The van der Waals surface area contributed by atoms with Gasteiger partial charge in [0.15, 0.2) is 5.82 Å². The Morgan fingerprint density at radius 2 is 2.00 bits per heavy atom. The van der Waals surface area contributed by atoms with Crippen LogP contribution in [0.1, 0.15) is 19.5 Å². The number of nitrogens with one attached hydrogen (secondary N) is 2. The average Bonchev–Trinajstić information content (AvgIpc) is 2.95. The summed E-state index contributed by atoms with van der Waals surface area (Å²) in [5.74, 6) is 1.47.